The van der Waals surface area contributed by atoms with Crippen LogP contribution >= 0.6 is 0 Å². The summed E-state index contributed by atoms with van der Waals surface area (Å²) in [7, 11) is 1.30. The zero-order valence-corrected chi connectivity index (χ0v) is 8.07. The lowest BCUT2D eigenvalue weighted by Gasteiger charge is -2.40. The van der Waals surface area contributed by atoms with Gasteiger partial charge in [-0.1, -0.05) is 0 Å². The number of ether oxygens (including phenoxy) is 2. The van der Waals surface area contributed by atoms with Gasteiger partial charge < -0.3 is 29.9 Å². The van der Waals surface area contributed by atoms with Crippen molar-refractivity contribution in [3.63, 3.8) is 0 Å². The lowest BCUT2D eigenvalue weighted by Crippen LogP contribution is -2.60. The van der Waals surface area contributed by atoms with Crippen molar-refractivity contribution >= 4 is 0 Å². The van der Waals surface area contributed by atoms with Gasteiger partial charge in [0.25, 0.3) is 0 Å². The molecular weight excluding hydrogens is 192 g/mol. The molecule has 14 heavy (non-hydrogen) atoms. The second kappa shape index (κ2) is 4.52. The van der Waals surface area contributed by atoms with E-state index < -0.39 is 36.8 Å². The van der Waals surface area contributed by atoms with Gasteiger partial charge in [-0.05, 0) is 6.92 Å². The fraction of sp³-hybridized carbons (Fsp3) is 1.00. The molecule has 0 aliphatic carbocycles. The first kappa shape index (κ1) is 11.8. The second-order valence-corrected chi connectivity index (χ2v) is 3.42. The number of hydrogen-bond acceptors (Lipinski definition) is 6. The van der Waals surface area contributed by atoms with E-state index in [9.17, 15) is 20.4 Å². The molecule has 6 atom stereocenters. The van der Waals surface area contributed by atoms with Gasteiger partial charge in [0.15, 0.2) is 6.29 Å². The second-order valence-electron chi connectivity index (χ2n) is 3.42. The van der Waals surface area contributed by atoms with Crippen LogP contribution in [0.3, 0.4) is 0 Å². The summed E-state index contributed by atoms with van der Waals surface area (Å²) in [5.74, 6) is 0. The van der Waals surface area contributed by atoms with Crippen LogP contribution in [-0.2, 0) is 9.47 Å². The van der Waals surface area contributed by atoms with E-state index in [2.05, 4.69) is 0 Å². The molecule has 1 aliphatic heterocycles. The summed E-state index contributed by atoms with van der Waals surface area (Å²) in [6, 6.07) is 0. The molecule has 0 amide bonds. The Labute approximate surface area is 81.7 Å². The Bertz CT molecular complexity index is 183. The third-order valence-corrected chi connectivity index (χ3v) is 2.31. The highest BCUT2D eigenvalue weighted by Crippen LogP contribution is 2.23. The number of aliphatic hydroxyl groups is 4. The van der Waals surface area contributed by atoms with Crippen molar-refractivity contribution in [2.24, 2.45) is 0 Å². The molecule has 84 valence electrons. The average molecular weight is 208 g/mol. The number of aliphatic hydroxyl groups excluding tert-OH is 4. The van der Waals surface area contributed by atoms with E-state index in [1.807, 2.05) is 0 Å². The maximum absolute atomic E-state index is 9.44. The van der Waals surface area contributed by atoms with Crippen LogP contribution in [0.5, 0.6) is 0 Å². The normalized spacial score (nSPS) is 46.3. The summed E-state index contributed by atoms with van der Waals surface area (Å²) in [6.07, 6.45) is -6.97. The zero-order valence-electron chi connectivity index (χ0n) is 8.07. The predicted molar refractivity (Wildman–Crippen MR) is 45.4 cm³/mol. The Hall–Kier alpha value is -0.240. The maximum Gasteiger partial charge on any atom is 0.186 e. The fourth-order valence-electron chi connectivity index (χ4n) is 1.47. The summed E-state index contributed by atoms with van der Waals surface area (Å²) in [4.78, 5) is 0. The molecule has 0 aromatic rings. The molecule has 1 rings (SSSR count). The Morgan fingerprint density at radius 2 is 1.71 bits per heavy atom. The van der Waals surface area contributed by atoms with Crippen molar-refractivity contribution in [1.82, 2.24) is 0 Å². The summed E-state index contributed by atoms with van der Waals surface area (Å²) in [6.45, 7) is 1.42. The fourth-order valence-corrected chi connectivity index (χ4v) is 1.47. The maximum atomic E-state index is 9.44. The predicted octanol–water partition coefficient (Wildman–Crippen LogP) is -2.18. The van der Waals surface area contributed by atoms with Gasteiger partial charge >= 0.3 is 0 Å². The third-order valence-electron chi connectivity index (χ3n) is 2.31. The van der Waals surface area contributed by atoms with Crippen LogP contribution < -0.4 is 0 Å². The van der Waals surface area contributed by atoms with Crippen LogP contribution in [0.1, 0.15) is 6.92 Å². The van der Waals surface area contributed by atoms with Crippen LogP contribution in [0.15, 0.2) is 0 Å². The molecule has 0 unspecified atom stereocenters. The summed E-state index contributed by atoms with van der Waals surface area (Å²) < 4.78 is 9.81. The zero-order chi connectivity index (χ0) is 10.9. The Balaban J connectivity index is 2.73. The first-order valence-corrected chi connectivity index (χ1v) is 4.39. The first-order valence-electron chi connectivity index (χ1n) is 4.39. The minimum Gasteiger partial charge on any atom is -0.391 e. The van der Waals surface area contributed by atoms with Crippen LogP contribution in [0.4, 0.5) is 0 Å². The monoisotopic (exact) mass is 208 g/mol. The lowest BCUT2D eigenvalue weighted by molar-refractivity contribution is -0.302. The van der Waals surface area contributed by atoms with Gasteiger partial charge in [-0.3, -0.25) is 0 Å². The van der Waals surface area contributed by atoms with Crippen LogP contribution in [0.25, 0.3) is 0 Å². The Morgan fingerprint density at radius 3 is 2.14 bits per heavy atom. The molecule has 1 aliphatic rings. The van der Waals surface area contributed by atoms with Crippen molar-refractivity contribution in [2.75, 3.05) is 7.11 Å². The number of rotatable bonds is 2. The highest BCUT2D eigenvalue weighted by atomic mass is 16.7. The van der Waals surface area contributed by atoms with Gasteiger partial charge in [-0.25, -0.2) is 0 Å². The van der Waals surface area contributed by atoms with Gasteiger partial charge in [0.05, 0.1) is 6.10 Å². The molecule has 0 radical (unpaired) electrons. The van der Waals surface area contributed by atoms with Crippen molar-refractivity contribution in [2.45, 2.75) is 43.7 Å². The van der Waals surface area contributed by atoms with Crippen molar-refractivity contribution in [3.8, 4) is 0 Å². The highest BCUT2D eigenvalue weighted by Gasteiger charge is 2.45. The lowest BCUT2D eigenvalue weighted by atomic mass is 9.96. The number of methoxy groups -OCH3 is 1. The molecule has 4 N–H and O–H groups in total. The van der Waals surface area contributed by atoms with Crippen LogP contribution in [0.2, 0.25) is 0 Å². The Morgan fingerprint density at radius 1 is 1.14 bits per heavy atom. The molecule has 6 heteroatoms. The first-order chi connectivity index (χ1) is 6.49. The molecule has 1 heterocycles. The molecule has 0 bridgehead atoms. The van der Waals surface area contributed by atoms with E-state index in [1.54, 1.807) is 0 Å². The molecule has 0 aromatic heterocycles. The molecule has 1 saturated heterocycles. The van der Waals surface area contributed by atoms with Gasteiger partial charge in [-0.15, -0.1) is 0 Å². The SMILES string of the molecule is CO[C@@H]1O[C@@H]([C@@H](C)O)[C@H](O)[C@H](O)[C@@H]1O. The van der Waals surface area contributed by atoms with Crippen molar-refractivity contribution < 1.29 is 29.9 Å². The molecule has 0 saturated carbocycles. The standard InChI is InChI=1S/C8H16O6/c1-3(9)7-5(11)4(10)6(12)8(13-2)14-7/h3-12H,1-2H3/t3-,4+,5-,6+,7+,8-/m1/s1. The molecule has 1 fully saturated rings. The van der Waals surface area contributed by atoms with Crippen molar-refractivity contribution in [3.05, 3.63) is 0 Å². The average Bonchev–Trinajstić information content (AvgIpc) is 2.14. The van der Waals surface area contributed by atoms with Gasteiger partial charge in [0, 0.05) is 7.11 Å². The molecule has 6 nitrogen and oxygen atoms in total. The van der Waals surface area contributed by atoms with Crippen LogP contribution in [-0.4, -0.2) is 64.3 Å². The van der Waals surface area contributed by atoms with E-state index in [-0.39, 0.29) is 0 Å². The topological polar surface area (TPSA) is 99.4 Å². The third kappa shape index (κ3) is 2.05. The smallest absolute Gasteiger partial charge is 0.186 e. The molecule has 0 spiro atoms. The van der Waals surface area contributed by atoms with Gasteiger partial charge in [-0.2, -0.15) is 0 Å². The van der Waals surface area contributed by atoms with E-state index in [4.69, 9.17) is 9.47 Å². The Kier molecular flexibility index (Phi) is 3.82. The summed E-state index contributed by atoms with van der Waals surface area (Å²) in [5, 5.41) is 37.4. The van der Waals surface area contributed by atoms with Crippen LogP contribution in [0, 0.1) is 0 Å². The largest absolute Gasteiger partial charge is 0.391 e. The summed E-state index contributed by atoms with van der Waals surface area (Å²) >= 11 is 0. The van der Waals surface area contributed by atoms with E-state index >= 15 is 0 Å². The van der Waals surface area contributed by atoms with Crippen molar-refractivity contribution in [1.29, 1.82) is 0 Å². The minimum atomic E-state index is -1.38. The molecule has 0 aromatic carbocycles. The quantitative estimate of drug-likeness (QED) is 0.412. The highest BCUT2D eigenvalue weighted by molar-refractivity contribution is 4.91. The van der Waals surface area contributed by atoms with Gasteiger partial charge in [0.2, 0.25) is 0 Å². The van der Waals surface area contributed by atoms with E-state index in [0.29, 0.717) is 0 Å². The van der Waals surface area contributed by atoms with Gasteiger partial charge in [0.1, 0.15) is 24.4 Å². The number of hydrogen-bond donors (Lipinski definition) is 4. The summed E-state index contributed by atoms with van der Waals surface area (Å²) in [5.41, 5.74) is 0. The van der Waals surface area contributed by atoms with E-state index in [0.717, 1.165) is 0 Å². The minimum absolute atomic E-state index is 0.954. The van der Waals surface area contributed by atoms with E-state index in [1.165, 1.54) is 14.0 Å². The molecular formula is C8H16O6.